The molecule has 0 bridgehead atoms. The molecular formula is C15H14Br2. The summed E-state index contributed by atoms with van der Waals surface area (Å²) in [6.07, 6.45) is 0. The highest BCUT2D eigenvalue weighted by atomic mass is 79.9. The first kappa shape index (κ1) is 12.8. The Bertz CT molecular complexity index is 532. The van der Waals surface area contributed by atoms with Crippen LogP contribution >= 0.6 is 31.9 Å². The highest BCUT2D eigenvalue weighted by Gasteiger charge is 2.14. The Balaban J connectivity index is 2.44. The number of hydrogen-bond acceptors (Lipinski definition) is 0. The Labute approximate surface area is 119 Å². The van der Waals surface area contributed by atoms with Crippen molar-refractivity contribution in [2.24, 2.45) is 0 Å². The third-order valence-electron chi connectivity index (χ3n) is 2.88. The largest absolute Gasteiger partial charge is 0.0786 e. The standard InChI is InChI=1S/C15H14Br2/c1-10-7-8-12(11(2)9-10)15(17)13-5-3-4-6-14(13)16/h3-9,15H,1-2H3. The van der Waals surface area contributed by atoms with E-state index in [1.807, 2.05) is 6.07 Å². The molecule has 0 saturated heterocycles. The molecule has 0 heterocycles. The molecule has 0 radical (unpaired) electrons. The van der Waals surface area contributed by atoms with Crippen LogP contribution in [0.2, 0.25) is 0 Å². The lowest BCUT2D eigenvalue weighted by atomic mass is 9.99. The third kappa shape index (κ3) is 2.80. The van der Waals surface area contributed by atoms with Crippen LogP contribution in [0, 0.1) is 13.8 Å². The summed E-state index contributed by atoms with van der Waals surface area (Å²) < 4.78 is 1.14. The molecule has 0 N–H and O–H groups in total. The van der Waals surface area contributed by atoms with Gasteiger partial charge in [-0.15, -0.1) is 0 Å². The average Bonchev–Trinajstić information content (AvgIpc) is 2.29. The number of rotatable bonds is 2. The van der Waals surface area contributed by atoms with Gasteiger partial charge in [0, 0.05) is 4.47 Å². The second-order valence-corrected chi connectivity index (χ2v) is 6.01. The molecule has 0 amide bonds. The monoisotopic (exact) mass is 352 g/mol. The molecule has 0 aromatic heterocycles. The van der Waals surface area contributed by atoms with Crippen molar-refractivity contribution in [3.8, 4) is 0 Å². The maximum absolute atomic E-state index is 3.79. The summed E-state index contributed by atoms with van der Waals surface area (Å²) in [5, 5.41) is 0. The normalized spacial score (nSPS) is 12.5. The van der Waals surface area contributed by atoms with Crippen LogP contribution in [-0.2, 0) is 0 Å². The quantitative estimate of drug-likeness (QED) is 0.621. The number of hydrogen-bond donors (Lipinski definition) is 0. The van der Waals surface area contributed by atoms with E-state index in [1.54, 1.807) is 0 Å². The fourth-order valence-electron chi connectivity index (χ4n) is 1.96. The number of alkyl halides is 1. The van der Waals surface area contributed by atoms with Crippen LogP contribution in [-0.4, -0.2) is 0 Å². The van der Waals surface area contributed by atoms with Crippen LogP contribution in [0.1, 0.15) is 27.1 Å². The molecule has 0 aliphatic carbocycles. The van der Waals surface area contributed by atoms with Gasteiger partial charge in [0.2, 0.25) is 0 Å². The lowest BCUT2D eigenvalue weighted by molar-refractivity contribution is 1.13. The lowest BCUT2D eigenvalue weighted by Gasteiger charge is -2.15. The van der Waals surface area contributed by atoms with Crippen LogP contribution in [0.4, 0.5) is 0 Å². The van der Waals surface area contributed by atoms with Crippen molar-refractivity contribution in [2.45, 2.75) is 18.7 Å². The Morgan fingerprint density at radius 1 is 0.941 bits per heavy atom. The van der Waals surface area contributed by atoms with Gasteiger partial charge in [-0.2, -0.15) is 0 Å². The van der Waals surface area contributed by atoms with Crippen LogP contribution in [0.3, 0.4) is 0 Å². The molecule has 0 spiro atoms. The Morgan fingerprint density at radius 2 is 1.65 bits per heavy atom. The topological polar surface area (TPSA) is 0 Å². The number of halogens is 2. The zero-order valence-electron chi connectivity index (χ0n) is 9.87. The molecular weight excluding hydrogens is 340 g/mol. The molecule has 0 nitrogen and oxygen atoms in total. The molecule has 2 aromatic rings. The zero-order chi connectivity index (χ0) is 12.4. The van der Waals surface area contributed by atoms with Gasteiger partial charge >= 0.3 is 0 Å². The van der Waals surface area contributed by atoms with Crippen molar-refractivity contribution in [2.75, 3.05) is 0 Å². The van der Waals surface area contributed by atoms with E-state index in [0.717, 1.165) is 4.47 Å². The van der Waals surface area contributed by atoms with Gasteiger partial charge in [-0.05, 0) is 36.6 Å². The number of aryl methyl sites for hydroxylation is 2. The van der Waals surface area contributed by atoms with Crippen LogP contribution in [0.15, 0.2) is 46.9 Å². The average molecular weight is 354 g/mol. The van der Waals surface area contributed by atoms with E-state index in [9.17, 15) is 0 Å². The Hall–Kier alpha value is -0.600. The minimum Gasteiger partial charge on any atom is -0.0786 e. The summed E-state index contributed by atoms with van der Waals surface area (Å²) in [6.45, 7) is 4.28. The molecule has 2 rings (SSSR count). The molecule has 17 heavy (non-hydrogen) atoms. The van der Waals surface area contributed by atoms with Gasteiger partial charge < -0.3 is 0 Å². The van der Waals surface area contributed by atoms with Gasteiger partial charge in [-0.25, -0.2) is 0 Å². The van der Waals surface area contributed by atoms with Crippen LogP contribution in [0.25, 0.3) is 0 Å². The first-order chi connectivity index (χ1) is 8.09. The minimum absolute atomic E-state index is 0.235. The predicted octanol–water partition coefficient (Wildman–Crippen LogP) is 5.55. The molecule has 0 aliphatic heterocycles. The van der Waals surface area contributed by atoms with Gasteiger partial charge in [-0.1, -0.05) is 73.8 Å². The summed E-state index contributed by atoms with van der Waals surface area (Å²) >= 11 is 7.39. The SMILES string of the molecule is Cc1ccc(C(Br)c2ccccc2Br)c(C)c1. The summed E-state index contributed by atoms with van der Waals surface area (Å²) in [5.41, 5.74) is 5.21. The Kier molecular flexibility index (Phi) is 4.05. The molecule has 1 atom stereocenters. The second-order valence-electron chi connectivity index (χ2n) is 4.24. The molecule has 0 aliphatic rings. The van der Waals surface area contributed by atoms with Gasteiger partial charge in [-0.3, -0.25) is 0 Å². The molecule has 0 fully saturated rings. The second kappa shape index (κ2) is 5.36. The van der Waals surface area contributed by atoms with E-state index in [1.165, 1.54) is 22.3 Å². The zero-order valence-corrected chi connectivity index (χ0v) is 13.0. The van der Waals surface area contributed by atoms with Crippen molar-refractivity contribution in [1.29, 1.82) is 0 Å². The predicted molar refractivity (Wildman–Crippen MR) is 80.8 cm³/mol. The smallest absolute Gasteiger partial charge is 0.0658 e. The first-order valence-electron chi connectivity index (χ1n) is 5.55. The minimum atomic E-state index is 0.235. The van der Waals surface area contributed by atoms with E-state index in [-0.39, 0.29) is 4.83 Å². The fourth-order valence-corrected chi connectivity index (χ4v) is 3.69. The van der Waals surface area contributed by atoms with Crippen LogP contribution < -0.4 is 0 Å². The molecule has 88 valence electrons. The fraction of sp³-hybridized carbons (Fsp3) is 0.200. The van der Waals surface area contributed by atoms with Gasteiger partial charge in [0.05, 0.1) is 4.83 Å². The first-order valence-corrected chi connectivity index (χ1v) is 7.26. The van der Waals surface area contributed by atoms with E-state index in [4.69, 9.17) is 0 Å². The lowest BCUT2D eigenvalue weighted by Crippen LogP contribution is -1.97. The molecule has 2 aromatic carbocycles. The summed E-state index contributed by atoms with van der Waals surface area (Å²) in [4.78, 5) is 0.235. The van der Waals surface area contributed by atoms with E-state index in [0.29, 0.717) is 0 Å². The van der Waals surface area contributed by atoms with Crippen molar-refractivity contribution in [3.05, 3.63) is 69.2 Å². The van der Waals surface area contributed by atoms with Gasteiger partial charge in [0.1, 0.15) is 0 Å². The Morgan fingerprint density at radius 3 is 2.29 bits per heavy atom. The van der Waals surface area contributed by atoms with Crippen molar-refractivity contribution in [1.82, 2.24) is 0 Å². The number of benzene rings is 2. The maximum Gasteiger partial charge on any atom is 0.0658 e. The summed E-state index contributed by atoms with van der Waals surface area (Å²) in [6, 6.07) is 14.9. The van der Waals surface area contributed by atoms with E-state index < -0.39 is 0 Å². The van der Waals surface area contributed by atoms with Crippen molar-refractivity contribution < 1.29 is 0 Å². The van der Waals surface area contributed by atoms with E-state index in [2.05, 4.69) is 82.1 Å². The highest BCUT2D eigenvalue weighted by Crippen LogP contribution is 2.36. The van der Waals surface area contributed by atoms with Crippen molar-refractivity contribution in [3.63, 3.8) is 0 Å². The third-order valence-corrected chi connectivity index (χ3v) is 4.59. The maximum atomic E-state index is 3.79. The van der Waals surface area contributed by atoms with Gasteiger partial charge in [0.15, 0.2) is 0 Å². The summed E-state index contributed by atoms with van der Waals surface area (Å²) in [5.74, 6) is 0. The van der Waals surface area contributed by atoms with E-state index >= 15 is 0 Å². The molecule has 0 saturated carbocycles. The molecule has 2 heteroatoms. The van der Waals surface area contributed by atoms with Crippen LogP contribution in [0.5, 0.6) is 0 Å². The summed E-state index contributed by atoms with van der Waals surface area (Å²) in [7, 11) is 0. The highest BCUT2D eigenvalue weighted by molar-refractivity contribution is 9.11. The van der Waals surface area contributed by atoms with Crippen molar-refractivity contribution >= 4 is 31.9 Å². The van der Waals surface area contributed by atoms with Gasteiger partial charge in [0.25, 0.3) is 0 Å². The molecule has 1 unspecified atom stereocenters.